The molecule has 250 valence electrons. The smallest absolute Gasteiger partial charge is 0.429 e. The van der Waals surface area contributed by atoms with Crippen LogP contribution in [-0.4, -0.2) is 13.2 Å². The van der Waals surface area contributed by atoms with Crippen molar-refractivity contribution in [1.82, 2.24) is 0 Å². The van der Waals surface area contributed by atoms with Gasteiger partial charge in [-0.2, -0.15) is 8.78 Å². The van der Waals surface area contributed by atoms with Crippen LogP contribution >= 0.6 is 0 Å². The number of halogens is 10. The molecule has 1 saturated heterocycles. The molecule has 1 fully saturated rings. The van der Waals surface area contributed by atoms with Crippen molar-refractivity contribution in [3.63, 3.8) is 0 Å². The van der Waals surface area contributed by atoms with Gasteiger partial charge in [0.25, 0.3) is 0 Å². The number of alkyl halides is 2. The van der Waals surface area contributed by atoms with Crippen molar-refractivity contribution < 1.29 is 58.1 Å². The Morgan fingerprint density at radius 3 is 1.81 bits per heavy atom. The summed E-state index contributed by atoms with van der Waals surface area (Å²) in [6, 6.07) is 5.66. The quantitative estimate of drug-likeness (QED) is 0.0954. The molecule has 13 heteroatoms. The van der Waals surface area contributed by atoms with Crippen LogP contribution in [-0.2, 0) is 15.6 Å². The Morgan fingerprint density at radius 2 is 1.26 bits per heavy atom. The fraction of sp³-hybridized carbons (Fsp3) is 0.294. The largest absolute Gasteiger partial charge is 0.432 e. The summed E-state index contributed by atoms with van der Waals surface area (Å²) in [6.07, 6.45) is -1.58. The molecule has 0 atom stereocenters. The SMILES string of the molecule is CCCCCC1COC(c2ccc(-c3cc(F)c(-c4cc(F)c(C(F)(F)Oc5cc(F)c(F)c(F)c5)c(F)c4)c(F)c3)c(F)c2)OC1. The molecule has 0 bridgehead atoms. The highest BCUT2D eigenvalue weighted by molar-refractivity contribution is 5.72. The fourth-order valence-electron chi connectivity index (χ4n) is 5.29. The number of ether oxygens (including phenoxy) is 3. The molecule has 0 radical (unpaired) electrons. The second-order valence-electron chi connectivity index (χ2n) is 11.0. The third kappa shape index (κ3) is 7.41. The average molecular weight is 673 g/mol. The number of hydrogen-bond acceptors (Lipinski definition) is 3. The highest BCUT2D eigenvalue weighted by Crippen LogP contribution is 2.40. The molecule has 5 rings (SSSR count). The summed E-state index contributed by atoms with van der Waals surface area (Å²) in [7, 11) is 0. The van der Waals surface area contributed by atoms with E-state index in [2.05, 4.69) is 11.7 Å². The van der Waals surface area contributed by atoms with Crippen LogP contribution in [0.2, 0.25) is 0 Å². The first kappa shape index (κ1) is 34.2. The molecular weight excluding hydrogens is 646 g/mol. The fourth-order valence-corrected chi connectivity index (χ4v) is 5.29. The maximum Gasteiger partial charge on any atom is 0.432 e. The van der Waals surface area contributed by atoms with Gasteiger partial charge in [-0.25, -0.2) is 35.1 Å². The van der Waals surface area contributed by atoms with Crippen LogP contribution in [0.4, 0.5) is 43.9 Å². The Balaban J connectivity index is 1.36. The third-order valence-corrected chi connectivity index (χ3v) is 7.63. The minimum absolute atomic E-state index is 0.0289. The van der Waals surface area contributed by atoms with Crippen LogP contribution in [0.3, 0.4) is 0 Å². The Labute approximate surface area is 262 Å². The lowest BCUT2D eigenvalue weighted by Gasteiger charge is -2.29. The van der Waals surface area contributed by atoms with E-state index in [1.807, 2.05) is 0 Å². The zero-order valence-electron chi connectivity index (χ0n) is 24.6. The minimum Gasteiger partial charge on any atom is -0.429 e. The van der Waals surface area contributed by atoms with Crippen molar-refractivity contribution in [2.45, 2.75) is 45.0 Å². The van der Waals surface area contributed by atoms with Gasteiger partial charge >= 0.3 is 6.11 Å². The van der Waals surface area contributed by atoms with Gasteiger partial charge in [-0.3, -0.25) is 0 Å². The number of rotatable bonds is 10. The van der Waals surface area contributed by atoms with E-state index in [1.165, 1.54) is 12.1 Å². The standard InChI is InChI=1S/C34H26F10O3/c1-2-3-4-5-17-15-45-33(46-16-17)18-6-7-22(23(35)8-18)19-9-24(36)30(25(37)10-19)20-11-26(38)31(27(39)12-20)34(43,44)47-21-13-28(40)32(42)29(41)14-21/h6-14,17,33H,2-5,15-16H2,1H3. The van der Waals surface area contributed by atoms with Crippen molar-refractivity contribution in [3.05, 3.63) is 112 Å². The molecule has 47 heavy (non-hydrogen) atoms. The molecular formula is C34H26F10O3. The van der Waals surface area contributed by atoms with Crippen LogP contribution in [0.5, 0.6) is 5.75 Å². The predicted octanol–water partition coefficient (Wildman–Crippen LogP) is 10.5. The van der Waals surface area contributed by atoms with Crippen LogP contribution < -0.4 is 4.74 Å². The van der Waals surface area contributed by atoms with Crippen LogP contribution in [0.15, 0.2) is 54.6 Å². The first-order valence-electron chi connectivity index (χ1n) is 14.5. The molecule has 4 aromatic carbocycles. The molecule has 0 amide bonds. The lowest BCUT2D eigenvalue weighted by Crippen LogP contribution is -2.27. The van der Waals surface area contributed by atoms with Gasteiger partial charge in [0.05, 0.1) is 18.8 Å². The maximum absolute atomic E-state index is 15.2. The summed E-state index contributed by atoms with van der Waals surface area (Å²) >= 11 is 0. The molecule has 0 aliphatic carbocycles. The van der Waals surface area contributed by atoms with Crippen molar-refractivity contribution in [3.8, 4) is 28.0 Å². The van der Waals surface area contributed by atoms with Gasteiger partial charge in [0, 0.05) is 29.2 Å². The first-order chi connectivity index (χ1) is 22.3. The van der Waals surface area contributed by atoms with Gasteiger partial charge in [-0.05, 0) is 47.9 Å². The first-order valence-corrected chi connectivity index (χ1v) is 14.5. The van der Waals surface area contributed by atoms with Gasteiger partial charge in [-0.1, -0.05) is 38.3 Å². The summed E-state index contributed by atoms with van der Waals surface area (Å²) in [5.41, 5.74) is -4.05. The van der Waals surface area contributed by atoms with E-state index >= 15 is 13.2 Å². The number of unbranched alkanes of at least 4 members (excludes halogenated alkanes) is 2. The Morgan fingerprint density at radius 1 is 0.681 bits per heavy atom. The van der Waals surface area contributed by atoms with Crippen LogP contribution in [0, 0.1) is 52.5 Å². The Hall–Kier alpha value is -4.10. The normalized spacial score (nSPS) is 16.8. The molecule has 4 aromatic rings. The molecule has 1 aliphatic heterocycles. The molecule has 0 spiro atoms. The molecule has 0 aromatic heterocycles. The predicted molar refractivity (Wildman–Crippen MR) is 150 cm³/mol. The minimum atomic E-state index is -4.90. The average Bonchev–Trinajstić information content (AvgIpc) is 2.99. The van der Waals surface area contributed by atoms with Gasteiger partial charge in [-0.15, -0.1) is 0 Å². The van der Waals surface area contributed by atoms with Gasteiger partial charge in [0.1, 0.15) is 40.4 Å². The molecule has 1 aliphatic rings. The van der Waals surface area contributed by atoms with E-state index in [0.29, 0.717) is 30.9 Å². The zero-order chi connectivity index (χ0) is 34.0. The lowest BCUT2D eigenvalue weighted by molar-refractivity contribution is -0.206. The summed E-state index contributed by atoms with van der Waals surface area (Å²) in [4.78, 5) is 0. The topological polar surface area (TPSA) is 27.7 Å². The van der Waals surface area contributed by atoms with Crippen molar-refractivity contribution in [2.24, 2.45) is 5.92 Å². The summed E-state index contributed by atoms with van der Waals surface area (Å²) < 4.78 is 160. The monoisotopic (exact) mass is 672 g/mol. The van der Waals surface area contributed by atoms with Crippen molar-refractivity contribution >= 4 is 0 Å². The number of hydrogen-bond donors (Lipinski definition) is 0. The summed E-state index contributed by atoms with van der Waals surface area (Å²) in [6.45, 7) is 2.95. The van der Waals surface area contributed by atoms with E-state index in [4.69, 9.17) is 9.47 Å². The highest BCUT2D eigenvalue weighted by Gasteiger charge is 2.42. The molecule has 0 unspecified atom stereocenters. The van der Waals surface area contributed by atoms with Gasteiger partial charge in [0.15, 0.2) is 23.7 Å². The van der Waals surface area contributed by atoms with E-state index in [-0.39, 0.29) is 41.3 Å². The molecule has 0 N–H and O–H groups in total. The second kappa shape index (κ2) is 13.9. The van der Waals surface area contributed by atoms with Gasteiger partial charge < -0.3 is 14.2 Å². The van der Waals surface area contributed by atoms with E-state index in [9.17, 15) is 30.7 Å². The number of benzene rings is 4. The lowest BCUT2D eigenvalue weighted by atomic mass is 9.96. The van der Waals surface area contributed by atoms with Crippen LogP contribution in [0.25, 0.3) is 22.3 Å². The van der Waals surface area contributed by atoms with Crippen molar-refractivity contribution in [2.75, 3.05) is 13.2 Å². The van der Waals surface area contributed by atoms with E-state index < -0.39 is 81.4 Å². The molecule has 0 saturated carbocycles. The van der Waals surface area contributed by atoms with Gasteiger partial charge in [0.2, 0.25) is 0 Å². The zero-order valence-corrected chi connectivity index (χ0v) is 24.6. The second-order valence-corrected chi connectivity index (χ2v) is 11.0. The highest BCUT2D eigenvalue weighted by atomic mass is 19.3. The third-order valence-electron chi connectivity index (χ3n) is 7.63. The molecule has 3 nitrogen and oxygen atoms in total. The van der Waals surface area contributed by atoms with Crippen molar-refractivity contribution in [1.29, 1.82) is 0 Å². The maximum atomic E-state index is 15.2. The van der Waals surface area contributed by atoms with Crippen LogP contribution in [0.1, 0.15) is 50.0 Å². The molecule has 1 heterocycles. The Kier molecular flexibility index (Phi) is 10.2. The summed E-state index contributed by atoms with van der Waals surface area (Å²) in [5.74, 6) is -14.6. The van der Waals surface area contributed by atoms with E-state index in [0.717, 1.165) is 31.7 Å². The Bertz CT molecular complexity index is 1700. The van der Waals surface area contributed by atoms with E-state index in [1.54, 1.807) is 0 Å². The summed E-state index contributed by atoms with van der Waals surface area (Å²) in [5, 5.41) is 0.